The summed E-state index contributed by atoms with van der Waals surface area (Å²) in [5.74, 6) is 0.0189. The molecule has 138 valence electrons. The third-order valence-corrected chi connectivity index (χ3v) is 3.80. The molecule has 0 fully saturated rings. The Morgan fingerprint density at radius 1 is 1.08 bits per heavy atom. The van der Waals surface area contributed by atoms with Gasteiger partial charge >= 0.3 is 0 Å². The van der Waals surface area contributed by atoms with E-state index in [1.807, 2.05) is 0 Å². The molecule has 0 radical (unpaired) electrons. The van der Waals surface area contributed by atoms with Crippen molar-refractivity contribution in [2.24, 2.45) is 0 Å². The fourth-order valence-electron chi connectivity index (χ4n) is 2.41. The van der Waals surface area contributed by atoms with Crippen LogP contribution < -0.4 is 20.1 Å². The van der Waals surface area contributed by atoms with Crippen molar-refractivity contribution >= 4 is 11.8 Å². The number of carbonyl (C=O) groups is 2. The second kappa shape index (κ2) is 8.84. The van der Waals surface area contributed by atoms with Gasteiger partial charge in [-0.2, -0.15) is 0 Å². The normalized spacial score (nSPS) is 11.4. The molecule has 0 spiro atoms. The smallest absolute Gasteiger partial charge is 0.251 e. The van der Waals surface area contributed by atoms with Gasteiger partial charge in [0.25, 0.3) is 5.91 Å². The first kappa shape index (κ1) is 19.2. The van der Waals surface area contributed by atoms with Crippen LogP contribution in [0.15, 0.2) is 42.5 Å². The topological polar surface area (TPSA) is 76.7 Å². The lowest BCUT2D eigenvalue weighted by Crippen LogP contribution is -2.38. The molecular formula is C19H21FN2O4. The van der Waals surface area contributed by atoms with E-state index in [1.165, 1.54) is 24.3 Å². The molecule has 1 atom stereocenters. The zero-order chi connectivity index (χ0) is 19.1. The predicted molar refractivity (Wildman–Crippen MR) is 94.8 cm³/mol. The van der Waals surface area contributed by atoms with E-state index in [0.29, 0.717) is 11.5 Å². The van der Waals surface area contributed by atoms with Crippen LogP contribution in [-0.4, -0.2) is 32.6 Å². The van der Waals surface area contributed by atoms with Gasteiger partial charge in [0, 0.05) is 11.1 Å². The molecule has 0 bridgehead atoms. The summed E-state index contributed by atoms with van der Waals surface area (Å²) in [7, 11) is 3.10. The van der Waals surface area contributed by atoms with Crippen molar-refractivity contribution in [3.8, 4) is 11.5 Å². The summed E-state index contributed by atoms with van der Waals surface area (Å²) < 4.78 is 23.4. The molecule has 0 aromatic heterocycles. The van der Waals surface area contributed by atoms with Crippen LogP contribution in [0, 0.1) is 5.82 Å². The molecule has 0 heterocycles. The number of benzene rings is 2. The molecule has 0 aliphatic carbocycles. The number of hydrogen-bond acceptors (Lipinski definition) is 4. The minimum Gasteiger partial charge on any atom is -0.497 e. The molecule has 2 aromatic carbocycles. The van der Waals surface area contributed by atoms with Crippen LogP contribution in [0.3, 0.4) is 0 Å². The number of carbonyl (C=O) groups excluding carboxylic acids is 2. The maximum absolute atomic E-state index is 12.9. The van der Waals surface area contributed by atoms with Crippen molar-refractivity contribution in [1.29, 1.82) is 0 Å². The van der Waals surface area contributed by atoms with Crippen LogP contribution in [0.2, 0.25) is 0 Å². The second-order valence-corrected chi connectivity index (χ2v) is 5.59. The fourth-order valence-corrected chi connectivity index (χ4v) is 2.41. The predicted octanol–water partition coefficient (Wildman–Crippen LogP) is 2.45. The average molecular weight is 360 g/mol. The third kappa shape index (κ3) is 4.95. The van der Waals surface area contributed by atoms with Crippen molar-refractivity contribution in [3.05, 3.63) is 59.4 Å². The highest BCUT2D eigenvalue weighted by Crippen LogP contribution is 2.29. The minimum absolute atomic E-state index is 0.202. The zero-order valence-corrected chi connectivity index (χ0v) is 14.8. The molecule has 1 unspecified atom stereocenters. The summed E-state index contributed by atoms with van der Waals surface area (Å²) in [5, 5.41) is 5.29. The van der Waals surface area contributed by atoms with E-state index in [0.717, 1.165) is 5.56 Å². The average Bonchev–Trinajstić information content (AvgIpc) is 2.66. The highest BCUT2D eigenvalue weighted by molar-refractivity contribution is 5.96. The number of methoxy groups -OCH3 is 2. The van der Waals surface area contributed by atoms with Gasteiger partial charge in [-0.3, -0.25) is 9.59 Å². The van der Waals surface area contributed by atoms with Crippen LogP contribution in [0.1, 0.15) is 28.9 Å². The lowest BCUT2D eigenvalue weighted by Gasteiger charge is -2.18. The van der Waals surface area contributed by atoms with Gasteiger partial charge in [0.15, 0.2) is 0 Å². The monoisotopic (exact) mass is 360 g/mol. The highest BCUT2D eigenvalue weighted by atomic mass is 19.1. The molecule has 26 heavy (non-hydrogen) atoms. The van der Waals surface area contributed by atoms with Gasteiger partial charge in [-0.05, 0) is 49.4 Å². The molecule has 2 amide bonds. The van der Waals surface area contributed by atoms with Gasteiger partial charge in [-0.25, -0.2) is 4.39 Å². The van der Waals surface area contributed by atoms with Crippen LogP contribution in [0.25, 0.3) is 0 Å². The molecule has 7 heteroatoms. The number of hydrogen-bond donors (Lipinski definition) is 2. The van der Waals surface area contributed by atoms with E-state index in [-0.39, 0.29) is 24.1 Å². The number of halogens is 1. The Hall–Kier alpha value is -3.09. The van der Waals surface area contributed by atoms with Crippen LogP contribution in [0.4, 0.5) is 4.39 Å². The largest absolute Gasteiger partial charge is 0.497 e. The van der Waals surface area contributed by atoms with Gasteiger partial charge in [0.1, 0.15) is 17.3 Å². The Kier molecular flexibility index (Phi) is 6.54. The summed E-state index contributed by atoms with van der Waals surface area (Å²) in [6, 6.07) is 10.0. The number of ether oxygens (including phenoxy) is 2. The Balaban J connectivity index is 1.95. The molecule has 2 rings (SSSR count). The summed E-state index contributed by atoms with van der Waals surface area (Å²) in [5.41, 5.74) is 1.03. The molecule has 0 aliphatic rings. The van der Waals surface area contributed by atoms with E-state index in [2.05, 4.69) is 10.6 Å². The molecule has 0 aliphatic heterocycles. The standard InChI is InChI=1S/C19H21FN2O4/c1-12(16-10-15(25-2)8-9-17(16)26-3)22-18(23)11-21-19(24)13-4-6-14(20)7-5-13/h4-10,12H,11H2,1-3H3,(H,21,24)(H,22,23). The molecule has 6 nitrogen and oxygen atoms in total. The Morgan fingerprint density at radius 2 is 1.77 bits per heavy atom. The fraction of sp³-hybridized carbons (Fsp3) is 0.263. The van der Waals surface area contributed by atoms with E-state index in [9.17, 15) is 14.0 Å². The highest BCUT2D eigenvalue weighted by Gasteiger charge is 2.16. The van der Waals surface area contributed by atoms with Crippen molar-refractivity contribution in [3.63, 3.8) is 0 Å². The van der Waals surface area contributed by atoms with Gasteiger partial charge in [0.2, 0.25) is 5.91 Å². The molecule has 2 N–H and O–H groups in total. The minimum atomic E-state index is -0.452. The SMILES string of the molecule is COc1ccc(OC)c(C(C)NC(=O)CNC(=O)c2ccc(F)cc2)c1. The summed E-state index contributed by atoms with van der Waals surface area (Å²) in [4.78, 5) is 24.1. The number of nitrogens with one attached hydrogen (secondary N) is 2. The maximum atomic E-state index is 12.9. The summed E-state index contributed by atoms with van der Waals surface area (Å²) >= 11 is 0. The van der Waals surface area contributed by atoms with Crippen molar-refractivity contribution < 1.29 is 23.5 Å². The number of rotatable bonds is 7. The van der Waals surface area contributed by atoms with Crippen LogP contribution in [-0.2, 0) is 4.79 Å². The maximum Gasteiger partial charge on any atom is 0.251 e. The lowest BCUT2D eigenvalue weighted by atomic mass is 10.1. The van der Waals surface area contributed by atoms with E-state index in [1.54, 1.807) is 39.3 Å². The quantitative estimate of drug-likeness (QED) is 0.795. The van der Waals surface area contributed by atoms with Crippen LogP contribution >= 0.6 is 0 Å². The van der Waals surface area contributed by atoms with Crippen LogP contribution in [0.5, 0.6) is 11.5 Å². The van der Waals surface area contributed by atoms with E-state index in [4.69, 9.17) is 9.47 Å². The van der Waals surface area contributed by atoms with E-state index >= 15 is 0 Å². The Morgan fingerprint density at radius 3 is 2.38 bits per heavy atom. The zero-order valence-electron chi connectivity index (χ0n) is 14.8. The molecule has 0 saturated carbocycles. The Bertz CT molecular complexity index is 778. The van der Waals surface area contributed by atoms with Gasteiger partial charge < -0.3 is 20.1 Å². The van der Waals surface area contributed by atoms with Crippen molar-refractivity contribution in [2.45, 2.75) is 13.0 Å². The third-order valence-electron chi connectivity index (χ3n) is 3.80. The first-order valence-electron chi connectivity index (χ1n) is 7.99. The van der Waals surface area contributed by atoms with Crippen molar-refractivity contribution in [1.82, 2.24) is 10.6 Å². The molecule has 0 saturated heterocycles. The van der Waals surface area contributed by atoms with Crippen molar-refractivity contribution in [2.75, 3.05) is 20.8 Å². The first-order valence-corrected chi connectivity index (χ1v) is 7.99. The molecule has 2 aromatic rings. The summed E-state index contributed by atoms with van der Waals surface area (Å²) in [6.45, 7) is 1.60. The van der Waals surface area contributed by atoms with E-state index < -0.39 is 11.7 Å². The second-order valence-electron chi connectivity index (χ2n) is 5.59. The molecular weight excluding hydrogens is 339 g/mol. The van der Waals surface area contributed by atoms with Gasteiger partial charge in [0.05, 0.1) is 26.8 Å². The lowest BCUT2D eigenvalue weighted by molar-refractivity contribution is -0.120. The van der Waals surface area contributed by atoms with Gasteiger partial charge in [-0.1, -0.05) is 0 Å². The first-order chi connectivity index (χ1) is 12.4. The van der Waals surface area contributed by atoms with Gasteiger partial charge in [-0.15, -0.1) is 0 Å². The summed E-state index contributed by atoms with van der Waals surface area (Å²) in [6.07, 6.45) is 0. The Labute approximate surface area is 151 Å². The number of amides is 2.